The van der Waals surface area contributed by atoms with E-state index in [2.05, 4.69) is 20.6 Å². The number of pyridine rings is 1. The van der Waals surface area contributed by atoms with Crippen LogP contribution in [0.15, 0.2) is 89.7 Å². The van der Waals surface area contributed by atoms with Gasteiger partial charge in [0.15, 0.2) is 5.54 Å². The Hall–Kier alpha value is -3.98. The van der Waals surface area contributed by atoms with E-state index in [-0.39, 0.29) is 16.7 Å². The number of carbonyl (C=O) groups is 1. The number of nitrogens with one attached hydrogen (secondary N) is 2. The summed E-state index contributed by atoms with van der Waals surface area (Å²) in [6.45, 7) is 5.56. The molecule has 2 amide bonds. The Bertz CT molecular complexity index is 1470. The minimum absolute atomic E-state index is 0.235. The molecule has 3 atom stereocenters. The first kappa shape index (κ1) is 27.6. The van der Waals surface area contributed by atoms with E-state index in [1.165, 1.54) is 0 Å². The molecule has 0 saturated heterocycles. The highest BCUT2D eigenvalue weighted by Crippen LogP contribution is 2.45. The molecule has 3 aromatic rings. The number of fused-ring (bicyclic) bond motifs is 1. The summed E-state index contributed by atoms with van der Waals surface area (Å²) in [6, 6.07) is 16.9. The second-order valence-corrected chi connectivity index (χ2v) is 11.1. The van der Waals surface area contributed by atoms with Crippen LogP contribution in [-0.4, -0.2) is 39.7 Å². The van der Waals surface area contributed by atoms with E-state index in [0.717, 1.165) is 5.56 Å². The molecule has 208 valence electrons. The second kappa shape index (κ2) is 10.2. The summed E-state index contributed by atoms with van der Waals surface area (Å²) in [4.78, 5) is 22.1. The molecule has 0 spiro atoms. The Labute approximate surface area is 231 Å². The number of hydrogen-bond acceptors (Lipinski definition) is 4. The van der Waals surface area contributed by atoms with Gasteiger partial charge in [-0.3, -0.25) is 4.98 Å². The van der Waals surface area contributed by atoms with E-state index in [1.807, 2.05) is 26.0 Å². The zero-order valence-electron chi connectivity index (χ0n) is 22.5. The highest BCUT2D eigenvalue weighted by Gasteiger charge is 2.61. The Balaban J connectivity index is 1.56. The molecule has 6 nitrogen and oxygen atoms in total. The zero-order valence-corrected chi connectivity index (χ0v) is 22.5. The van der Waals surface area contributed by atoms with Crippen LogP contribution in [0, 0.1) is 0 Å². The summed E-state index contributed by atoms with van der Waals surface area (Å²) in [5.74, 6) is 0. The van der Waals surface area contributed by atoms with Crippen molar-refractivity contribution in [2.75, 3.05) is 0 Å². The van der Waals surface area contributed by atoms with E-state index in [9.17, 15) is 9.90 Å². The van der Waals surface area contributed by atoms with E-state index in [4.69, 9.17) is 0 Å². The van der Waals surface area contributed by atoms with Gasteiger partial charge in [0.25, 0.3) is 0 Å². The number of aliphatic hydroxyl groups is 1. The molecule has 3 N–H and O–H groups in total. The van der Waals surface area contributed by atoms with Crippen LogP contribution in [0.1, 0.15) is 61.9 Å². The van der Waals surface area contributed by atoms with Crippen molar-refractivity contribution in [3.05, 3.63) is 107 Å². The first-order chi connectivity index (χ1) is 18.9. The molecule has 1 aliphatic carbocycles. The van der Waals surface area contributed by atoms with Crippen LogP contribution >= 0.6 is 0 Å². The maximum absolute atomic E-state index is 15.2. The quantitative estimate of drug-likeness (QED) is 0.369. The SMILES string of the molecule is CC1=C(c2cccnc2)N=C(c2ccccc2)C(NC(=O)N[C@@H]2c3ccccc3C(C)(C)C[C@H]2O)(C(F)(F)F)C1. The molecule has 2 heterocycles. The number of benzene rings is 2. The number of aliphatic imine (C=N–C) groups is 1. The van der Waals surface area contributed by atoms with Gasteiger partial charge in [-0.25, -0.2) is 9.79 Å². The topological polar surface area (TPSA) is 86.6 Å². The molecule has 0 radical (unpaired) electrons. The number of aliphatic hydroxyl groups excluding tert-OH is 1. The van der Waals surface area contributed by atoms with Crippen molar-refractivity contribution in [3.8, 4) is 0 Å². The molecule has 2 aromatic carbocycles. The van der Waals surface area contributed by atoms with Gasteiger partial charge in [-0.15, -0.1) is 0 Å². The van der Waals surface area contributed by atoms with Gasteiger partial charge in [0.05, 0.1) is 23.6 Å². The van der Waals surface area contributed by atoms with E-state index >= 15 is 13.2 Å². The Morgan fingerprint density at radius 1 is 1.00 bits per heavy atom. The van der Waals surface area contributed by atoms with Crippen LogP contribution in [0.2, 0.25) is 0 Å². The molecule has 2 aliphatic rings. The molecule has 0 saturated carbocycles. The third kappa shape index (κ3) is 4.90. The minimum Gasteiger partial charge on any atom is -0.391 e. The van der Waals surface area contributed by atoms with Crippen molar-refractivity contribution < 1.29 is 23.1 Å². The van der Waals surface area contributed by atoms with Crippen LogP contribution in [0.25, 0.3) is 5.70 Å². The average Bonchev–Trinajstić information content (AvgIpc) is 2.91. The number of aromatic nitrogens is 1. The summed E-state index contributed by atoms with van der Waals surface area (Å²) >= 11 is 0. The molecule has 9 heteroatoms. The summed E-state index contributed by atoms with van der Waals surface area (Å²) in [5.41, 5.74) is -0.324. The number of carbonyl (C=O) groups excluding carboxylic acids is 1. The minimum atomic E-state index is -4.90. The smallest absolute Gasteiger partial charge is 0.391 e. The van der Waals surface area contributed by atoms with Gasteiger partial charge in [0.1, 0.15) is 0 Å². The number of halogens is 3. The number of hydrogen-bond donors (Lipinski definition) is 3. The lowest BCUT2D eigenvalue weighted by Gasteiger charge is -2.43. The Morgan fingerprint density at radius 3 is 2.35 bits per heavy atom. The van der Waals surface area contributed by atoms with Crippen molar-refractivity contribution in [2.24, 2.45) is 4.99 Å². The van der Waals surface area contributed by atoms with Crippen LogP contribution < -0.4 is 10.6 Å². The van der Waals surface area contributed by atoms with Crippen molar-refractivity contribution in [1.29, 1.82) is 0 Å². The molecular weight excluding hydrogens is 517 g/mol. The predicted molar refractivity (Wildman–Crippen MR) is 148 cm³/mol. The van der Waals surface area contributed by atoms with E-state index < -0.39 is 36.3 Å². The molecule has 1 aromatic heterocycles. The van der Waals surface area contributed by atoms with Crippen molar-refractivity contribution >= 4 is 17.4 Å². The fraction of sp³-hybridized carbons (Fsp3) is 0.323. The second-order valence-electron chi connectivity index (χ2n) is 11.1. The van der Waals surface area contributed by atoms with Gasteiger partial charge in [0, 0.05) is 24.4 Å². The molecule has 1 unspecified atom stereocenters. The normalized spacial score (nSPS) is 24.1. The first-order valence-electron chi connectivity index (χ1n) is 13.1. The van der Waals surface area contributed by atoms with Gasteiger partial charge < -0.3 is 15.7 Å². The van der Waals surface area contributed by atoms with Crippen LogP contribution in [-0.2, 0) is 5.41 Å². The Morgan fingerprint density at radius 2 is 1.68 bits per heavy atom. The first-order valence-corrected chi connectivity index (χ1v) is 13.1. The highest BCUT2D eigenvalue weighted by molar-refractivity contribution is 6.13. The van der Waals surface area contributed by atoms with Gasteiger partial charge >= 0.3 is 12.2 Å². The van der Waals surface area contributed by atoms with Crippen LogP contribution in [0.4, 0.5) is 18.0 Å². The fourth-order valence-corrected chi connectivity index (χ4v) is 5.88. The number of rotatable bonds is 4. The standard InChI is InChI=1S/C31H31F3N4O2/c1-19-16-30(31(32,33)34,27(20-10-5-4-6-11-20)36-25(19)21-12-9-15-35-18-21)38-28(40)37-26-22-13-7-8-14-23(22)29(2,3)17-24(26)39/h4-15,18,24,26,39H,16-17H2,1-3H3,(H2,37,38,40)/t24-,26-,30?/m1/s1. The molecule has 5 rings (SSSR count). The number of urea groups is 1. The van der Waals surface area contributed by atoms with Gasteiger partial charge in [0.2, 0.25) is 0 Å². The molecule has 1 aliphatic heterocycles. The maximum atomic E-state index is 15.2. The van der Waals surface area contributed by atoms with Gasteiger partial charge in [-0.05, 0) is 53.2 Å². The molecule has 40 heavy (non-hydrogen) atoms. The van der Waals surface area contributed by atoms with Crippen molar-refractivity contribution in [2.45, 2.75) is 62.9 Å². The van der Waals surface area contributed by atoms with Crippen LogP contribution in [0.3, 0.4) is 0 Å². The lowest BCUT2D eigenvalue weighted by molar-refractivity contribution is -0.171. The largest absolute Gasteiger partial charge is 0.417 e. The number of nitrogens with zero attached hydrogens (tertiary/aromatic N) is 2. The van der Waals surface area contributed by atoms with Crippen molar-refractivity contribution in [1.82, 2.24) is 15.6 Å². The summed E-state index contributed by atoms with van der Waals surface area (Å²) in [7, 11) is 0. The van der Waals surface area contributed by atoms with Crippen molar-refractivity contribution in [3.63, 3.8) is 0 Å². The monoisotopic (exact) mass is 548 g/mol. The van der Waals surface area contributed by atoms with Gasteiger partial charge in [-0.1, -0.05) is 68.4 Å². The maximum Gasteiger partial charge on any atom is 0.417 e. The summed E-state index contributed by atoms with van der Waals surface area (Å²) in [5, 5.41) is 15.9. The highest BCUT2D eigenvalue weighted by atomic mass is 19.4. The average molecular weight is 549 g/mol. The van der Waals surface area contributed by atoms with Crippen LogP contribution in [0.5, 0.6) is 0 Å². The Kier molecular flexibility index (Phi) is 7.04. The predicted octanol–water partition coefficient (Wildman–Crippen LogP) is 6.09. The summed E-state index contributed by atoms with van der Waals surface area (Å²) in [6.07, 6.45) is -2.95. The van der Waals surface area contributed by atoms with Gasteiger partial charge in [-0.2, -0.15) is 13.2 Å². The third-order valence-electron chi connectivity index (χ3n) is 7.77. The van der Waals surface area contributed by atoms with E-state index in [1.54, 1.807) is 73.9 Å². The lowest BCUT2D eigenvalue weighted by Crippen LogP contribution is -2.67. The lowest BCUT2D eigenvalue weighted by atomic mass is 9.69. The molecule has 0 fully saturated rings. The summed E-state index contributed by atoms with van der Waals surface area (Å²) < 4.78 is 45.6. The van der Waals surface area contributed by atoms with E-state index in [0.29, 0.717) is 28.8 Å². The number of amides is 2. The third-order valence-corrected chi connectivity index (χ3v) is 7.77. The zero-order chi connectivity index (χ0) is 28.7. The molecular formula is C31H31F3N4O2. The fourth-order valence-electron chi connectivity index (χ4n) is 5.88. The molecule has 0 bridgehead atoms. The number of alkyl halides is 3.